The predicted octanol–water partition coefficient (Wildman–Crippen LogP) is 3.48. The number of aryl methyl sites for hydroxylation is 1. The fourth-order valence-corrected chi connectivity index (χ4v) is 3.15. The summed E-state index contributed by atoms with van der Waals surface area (Å²) in [5, 5.41) is 0. The standard InChI is InChI=1S/C18H24FN5.HI/c1-13-4-3-8-23(12-13)18(20)22-11-15-5-6-17(16(19)10-15)24-9-7-21-14(24)2;/h5-7,9-10,13H,3-4,8,11-12H2,1-2H3,(H2,20,22);1H. The van der Waals surface area contributed by atoms with Crippen LogP contribution in [0.2, 0.25) is 0 Å². The van der Waals surface area contributed by atoms with Crippen LogP contribution in [-0.2, 0) is 6.54 Å². The van der Waals surface area contributed by atoms with Crippen molar-refractivity contribution in [2.45, 2.75) is 33.2 Å². The van der Waals surface area contributed by atoms with E-state index in [0.29, 0.717) is 24.1 Å². The number of hydrogen-bond donors (Lipinski definition) is 1. The lowest BCUT2D eigenvalue weighted by atomic mass is 10.0. The summed E-state index contributed by atoms with van der Waals surface area (Å²) in [7, 11) is 0. The summed E-state index contributed by atoms with van der Waals surface area (Å²) in [6.45, 7) is 6.36. The lowest BCUT2D eigenvalue weighted by Gasteiger charge is -2.31. The quantitative estimate of drug-likeness (QED) is 0.436. The van der Waals surface area contributed by atoms with Gasteiger partial charge in [-0.25, -0.2) is 14.4 Å². The average Bonchev–Trinajstić information content (AvgIpc) is 2.98. The van der Waals surface area contributed by atoms with Crippen LogP contribution in [0.4, 0.5) is 4.39 Å². The maximum atomic E-state index is 14.4. The van der Waals surface area contributed by atoms with Gasteiger partial charge < -0.3 is 15.2 Å². The molecule has 0 saturated carbocycles. The lowest BCUT2D eigenvalue weighted by Crippen LogP contribution is -2.43. The Bertz CT molecular complexity index is 743. The summed E-state index contributed by atoms with van der Waals surface area (Å²) in [5.41, 5.74) is 7.40. The number of nitrogens with zero attached hydrogens (tertiary/aromatic N) is 4. The maximum Gasteiger partial charge on any atom is 0.191 e. The van der Waals surface area contributed by atoms with Crippen molar-refractivity contribution in [3.8, 4) is 5.69 Å². The normalized spacial score (nSPS) is 18.1. The third kappa shape index (κ3) is 4.71. The molecule has 1 saturated heterocycles. The second-order valence-electron chi connectivity index (χ2n) is 6.50. The lowest BCUT2D eigenvalue weighted by molar-refractivity contribution is 0.270. The molecular weight excluding hydrogens is 432 g/mol. The number of likely N-dealkylation sites (tertiary alicyclic amines) is 1. The molecular formula is C18H25FIN5. The fourth-order valence-electron chi connectivity index (χ4n) is 3.15. The van der Waals surface area contributed by atoms with Crippen LogP contribution in [-0.4, -0.2) is 33.5 Å². The number of guanidine groups is 1. The molecule has 0 radical (unpaired) electrons. The van der Waals surface area contributed by atoms with Gasteiger partial charge in [-0.2, -0.15) is 0 Å². The fraction of sp³-hybridized carbons (Fsp3) is 0.444. The number of piperidine rings is 1. The highest BCUT2D eigenvalue weighted by molar-refractivity contribution is 14.0. The van der Waals surface area contributed by atoms with Crippen LogP contribution in [0.3, 0.4) is 0 Å². The highest BCUT2D eigenvalue weighted by Gasteiger charge is 2.17. The van der Waals surface area contributed by atoms with Gasteiger partial charge in [-0.3, -0.25) is 0 Å². The Morgan fingerprint density at radius 1 is 1.44 bits per heavy atom. The van der Waals surface area contributed by atoms with Gasteiger partial charge in [-0.1, -0.05) is 13.0 Å². The van der Waals surface area contributed by atoms with Gasteiger partial charge in [0.2, 0.25) is 0 Å². The molecule has 0 bridgehead atoms. The molecule has 1 fully saturated rings. The van der Waals surface area contributed by atoms with Gasteiger partial charge in [0.25, 0.3) is 0 Å². The highest BCUT2D eigenvalue weighted by atomic mass is 127. The topological polar surface area (TPSA) is 59.4 Å². The molecule has 1 aromatic carbocycles. The zero-order valence-corrected chi connectivity index (χ0v) is 17.0. The minimum atomic E-state index is -0.283. The SMILES string of the molecule is Cc1nccn1-c1ccc(CN=C(N)N2CCCC(C)C2)cc1F.I. The van der Waals surface area contributed by atoms with Crippen molar-refractivity contribution >= 4 is 29.9 Å². The Hall–Kier alpha value is -1.64. The summed E-state index contributed by atoms with van der Waals surface area (Å²) in [5.74, 6) is 1.66. The number of hydrogen-bond acceptors (Lipinski definition) is 2. The molecule has 0 aliphatic carbocycles. The summed E-state index contributed by atoms with van der Waals surface area (Å²) in [4.78, 5) is 10.7. The van der Waals surface area contributed by atoms with E-state index in [-0.39, 0.29) is 29.8 Å². The van der Waals surface area contributed by atoms with E-state index < -0.39 is 0 Å². The number of imidazole rings is 1. The molecule has 7 heteroatoms. The van der Waals surface area contributed by atoms with Gasteiger partial charge in [0.05, 0.1) is 12.2 Å². The smallest absolute Gasteiger partial charge is 0.191 e. The van der Waals surface area contributed by atoms with Crippen LogP contribution in [0, 0.1) is 18.7 Å². The van der Waals surface area contributed by atoms with E-state index in [1.165, 1.54) is 12.5 Å². The second kappa shape index (κ2) is 8.64. The van der Waals surface area contributed by atoms with Crippen molar-refractivity contribution in [2.24, 2.45) is 16.6 Å². The molecule has 5 nitrogen and oxygen atoms in total. The Kier molecular flexibility index (Phi) is 6.80. The zero-order chi connectivity index (χ0) is 17.1. The molecule has 1 aliphatic heterocycles. The number of rotatable bonds is 3. The Morgan fingerprint density at radius 3 is 2.88 bits per heavy atom. The van der Waals surface area contributed by atoms with Crippen molar-refractivity contribution < 1.29 is 4.39 Å². The summed E-state index contributed by atoms with van der Waals surface area (Å²) >= 11 is 0. The Labute approximate surface area is 165 Å². The first-order valence-electron chi connectivity index (χ1n) is 8.38. The third-order valence-electron chi connectivity index (χ3n) is 4.50. The van der Waals surface area contributed by atoms with E-state index in [2.05, 4.69) is 21.8 Å². The van der Waals surface area contributed by atoms with Crippen LogP contribution in [0.1, 0.15) is 31.2 Å². The summed E-state index contributed by atoms with van der Waals surface area (Å²) in [6.07, 6.45) is 5.80. The van der Waals surface area contributed by atoms with Crippen molar-refractivity contribution in [3.05, 3.63) is 47.8 Å². The Balaban J connectivity index is 0.00000225. The maximum absolute atomic E-state index is 14.4. The Morgan fingerprint density at radius 2 is 2.24 bits per heavy atom. The number of halogens is 2. The molecule has 136 valence electrons. The number of benzene rings is 1. The van der Waals surface area contributed by atoms with E-state index in [9.17, 15) is 4.39 Å². The molecule has 2 heterocycles. The first-order valence-corrected chi connectivity index (χ1v) is 8.38. The molecule has 25 heavy (non-hydrogen) atoms. The molecule has 0 amide bonds. The van der Waals surface area contributed by atoms with Gasteiger partial charge in [0.15, 0.2) is 5.96 Å². The monoisotopic (exact) mass is 457 g/mol. The molecule has 2 aromatic rings. The average molecular weight is 457 g/mol. The molecule has 1 aromatic heterocycles. The minimum absolute atomic E-state index is 0. The number of aromatic nitrogens is 2. The van der Waals surface area contributed by atoms with Crippen LogP contribution in [0.5, 0.6) is 0 Å². The molecule has 1 aliphatic rings. The van der Waals surface area contributed by atoms with Crippen molar-refractivity contribution in [1.29, 1.82) is 0 Å². The molecule has 2 N–H and O–H groups in total. The molecule has 3 rings (SSSR count). The van der Waals surface area contributed by atoms with E-state index in [1.54, 1.807) is 23.0 Å². The van der Waals surface area contributed by atoms with E-state index in [1.807, 2.05) is 13.0 Å². The van der Waals surface area contributed by atoms with Crippen LogP contribution in [0.15, 0.2) is 35.6 Å². The molecule has 1 atom stereocenters. The molecule has 0 spiro atoms. The van der Waals surface area contributed by atoms with Crippen molar-refractivity contribution in [3.63, 3.8) is 0 Å². The second-order valence-corrected chi connectivity index (χ2v) is 6.50. The first kappa shape index (κ1) is 19.7. The third-order valence-corrected chi connectivity index (χ3v) is 4.50. The van der Waals surface area contributed by atoms with Crippen LogP contribution < -0.4 is 5.73 Å². The number of aliphatic imine (C=N–C) groups is 1. The van der Waals surface area contributed by atoms with E-state index in [0.717, 1.165) is 30.9 Å². The van der Waals surface area contributed by atoms with E-state index >= 15 is 0 Å². The van der Waals surface area contributed by atoms with Crippen molar-refractivity contribution in [2.75, 3.05) is 13.1 Å². The number of nitrogens with two attached hydrogens (primary N) is 1. The zero-order valence-electron chi connectivity index (χ0n) is 14.7. The van der Waals surface area contributed by atoms with E-state index in [4.69, 9.17) is 5.73 Å². The summed E-state index contributed by atoms with van der Waals surface area (Å²) < 4.78 is 16.1. The van der Waals surface area contributed by atoms with Gasteiger partial charge in [0, 0.05) is 25.5 Å². The van der Waals surface area contributed by atoms with Gasteiger partial charge in [-0.15, -0.1) is 24.0 Å². The van der Waals surface area contributed by atoms with Gasteiger partial charge in [0.1, 0.15) is 11.6 Å². The van der Waals surface area contributed by atoms with Crippen molar-refractivity contribution in [1.82, 2.24) is 14.5 Å². The van der Waals surface area contributed by atoms with Gasteiger partial charge in [-0.05, 0) is 43.4 Å². The van der Waals surface area contributed by atoms with Crippen LogP contribution >= 0.6 is 24.0 Å². The predicted molar refractivity (Wildman–Crippen MR) is 109 cm³/mol. The molecule has 1 unspecified atom stereocenters. The minimum Gasteiger partial charge on any atom is -0.370 e. The van der Waals surface area contributed by atoms with Crippen LogP contribution in [0.25, 0.3) is 5.69 Å². The summed E-state index contributed by atoms with van der Waals surface area (Å²) in [6, 6.07) is 5.16. The van der Waals surface area contributed by atoms with Gasteiger partial charge >= 0.3 is 0 Å². The highest BCUT2D eigenvalue weighted by Crippen LogP contribution is 2.18. The first-order chi connectivity index (χ1) is 11.5. The largest absolute Gasteiger partial charge is 0.370 e.